The molecule has 1 fully saturated rings. The van der Waals surface area contributed by atoms with Gasteiger partial charge in [-0.05, 0) is 73.1 Å². The number of carbonyl (C=O) groups excluding carboxylic acids is 2. The van der Waals surface area contributed by atoms with Gasteiger partial charge in [0, 0.05) is 34.8 Å². The van der Waals surface area contributed by atoms with E-state index in [2.05, 4.69) is 4.98 Å². The van der Waals surface area contributed by atoms with E-state index >= 15 is 0 Å². The maximum absolute atomic E-state index is 13.4. The Bertz CT molecular complexity index is 1550. The van der Waals surface area contributed by atoms with Gasteiger partial charge in [-0.2, -0.15) is 0 Å². The maximum Gasteiger partial charge on any atom is 0.295 e. The minimum Gasteiger partial charge on any atom is -0.507 e. The Labute approximate surface area is 214 Å². The number of Topliss-reactive ketones (excluding diaryl/α,β-unsaturated/α-hetero) is 1. The molecular weight excluding hydrogens is 467 g/mol. The van der Waals surface area contributed by atoms with Crippen molar-refractivity contribution in [3.63, 3.8) is 0 Å². The highest BCUT2D eigenvalue weighted by Crippen LogP contribution is 2.42. The van der Waals surface area contributed by atoms with Gasteiger partial charge in [-0.15, -0.1) is 0 Å². The molecule has 4 aromatic rings. The van der Waals surface area contributed by atoms with E-state index in [1.54, 1.807) is 12.1 Å². The molecule has 1 aliphatic carbocycles. The smallest absolute Gasteiger partial charge is 0.295 e. The number of aromatic nitrogens is 1. The van der Waals surface area contributed by atoms with Crippen LogP contribution in [0.25, 0.3) is 16.7 Å². The Balaban J connectivity index is 1.46. The molecule has 37 heavy (non-hydrogen) atoms. The van der Waals surface area contributed by atoms with Gasteiger partial charge in [-0.1, -0.05) is 42.5 Å². The van der Waals surface area contributed by atoms with Gasteiger partial charge in [0.25, 0.3) is 11.7 Å². The number of rotatable bonds is 5. The summed E-state index contributed by atoms with van der Waals surface area (Å²) in [4.78, 5) is 31.6. The third-order valence-electron chi connectivity index (χ3n) is 7.63. The van der Waals surface area contributed by atoms with Crippen LogP contribution in [0.15, 0.2) is 78.5 Å². The molecule has 1 saturated heterocycles. The van der Waals surface area contributed by atoms with E-state index in [0.717, 1.165) is 47.7 Å². The number of aliphatic hydroxyl groups is 1. The number of amides is 1. The molecule has 2 heterocycles. The summed E-state index contributed by atoms with van der Waals surface area (Å²) in [6.07, 6.45) is 6.46. The van der Waals surface area contributed by atoms with Crippen molar-refractivity contribution in [1.82, 2.24) is 9.88 Å². The quantitative estimate of drug-likeness (QED) is 0.208. The Kier molecular flexibility index (Phi) is 5.87. The first kappa shape index (κ1) is 23.2. The largest absolute Gasteiger partial charge is 0.507 e. The fraction of sp³-hybridized carbons (Fsp3) is 0.226. The number of carbonyl (C=O) groups is 2. The van der Waals surface area contributed by atoms with E-state index in [1.807, 2.05) is 48.7 Å². The summed E-state index contributed by atoms with van der Waals surface area (Å²) in [5.74, 6) is -1.80. The molecule has 0 bridgehead atoms. The number of benzene rings is 3. The Morgan fingerprint density at radius 1 is 0.973 bits per heavy atom. The summed E-state index contributed by atoms with van der Waals surface area (Å²) >= 11 is 0. The van der Waals surface area contributed by atoms with Gasteiger partial charge in [-0.3, -0.25) is 9.59 Å². The van der Waals surface area contributed by atoms with Crippen LogP contribution in [0.1, 0.15) is 46.7 Å². The van der Waals surface area contributed by atoms with Crippen molar-refractivity contribution in [3.8, 4) is 0 Å². The van der Waals surface area contributed by atoms with Crippen LogP contribution in [0.3, 0.4) is 0 Å². The number of aliphatic hydroxyl groups excluding tert-OH is 1. The molecule has 186 valence electrons. The van der Waals surface area contributed by atoms with Gasteiger partial charge >= 0.3 is 0 Å². The molecule has 1 unspecified atom stereocenters. The van der Waals surface area contributed by atoms with Crippen LogP contribution in [-0.4, -0.2) is 33.2 Å². The van der Waals surface area contributed by atoms with Crippen LogP contribution >= 0.6 is 0 Å². The highest BCUT2D eigenvalue weighted by molar-refractivity contribution is 6.46. The summed E-state index contributed by atoms with van der Waals surface area (Å²) in [5.41, 5.74) is 5.62. The number of H-pyrrole nitrogens is 1. The number of aryl methyl sites for hydroxylation is 2. The summed E-state index contributed by atoms with van der Waals surface area (Å²) in [6, 6.07) is 18.9. The van der Waals surface area contributed by atoms with Gasteiger partial charge in [0.1, 0.15) is 11.6 Å². The zero-order valence-electron chi connectivity index (χ0n) is 20.3. The topological polar surface area (TPSA) is 73.4 Å². The number of halogens is 1. The molecule has 0 radical (unpaired) electrons. The second-order valence-electron chi connectivity index (χ2n) is 9.85. The zero-order chi connectivity index (χ0) is 25.5. The predicted molar refractivity (Wildman–Crippen MR) is 140 cm³/mol. The standard InChI is InChI=1S/C31H27FN2O3/c32-23-13-9-19(10-14-23)15-16-34-28(25-18-33-26-8-4-3-7-24(25)26)27(30(36)31(34)37)29(35)22-12-11-20-5-1-2-6-21(20)17-22/h3-4,7-14,17-18,28,33,35H,1-2,5-6,15-16H2/b29-27+. The number of hydrogen-bond acceptors (Lipinski definition) is 3. The third-order valence-corrected chi connectivity index (χ3v) is 7.63. The first-order valence-electron chi connectivity index (χ1n) is 12.7. The highest BCUT2D eigenvalue weighted by atomic mass is 19.1. The fourth-order valence-corrected chi connectivity index (χ4v) is 5.69. The number of aromatic amines is 1. The third kappa shape index (κ3) is 4.12. The normalized spacial score (nSPS) is 18.9. The van der Waals surface area contributed by atoms with Crippen molar-refractivity contribution < 1.29 is 19.1 Å². The van der Waals surface area contributed by atoms with E-state index in [9.17, 15) is 19.1 Å². The fourth-order valence-electron chi connectivity index (χ4n) is 5.69. The molecule has 2 aliphatic rings. The Morgan fingerprint density at radius 2 is 1.73 bits per heavy atom. The van der Waals surface area contributed by atoms with Gasteiger partial charge < -0.3 is 15.0 Å². The molecule has 1 aliphatic heterocycles. The number of fused-ring (bicyclic) bond motifs is 2. The van der Waals surface area contributed by atoms with Crippen LogP contribution in [-0.2, 0) is 28.9 Å². The molecule has 0 saturated carbocycles. The van der Waals surface area contributed by atoms with Gasteiger partial charge in [0.15, 0.2) is 0 Å². The Hall–Kier alpha value is -4.19. The number of nitrogens with zero attached hydrogens (tertiary/aromatic N) is 1. The lowest BCUT2D eigenvalue weighted by molar-refractivity contribution is -0.139. The van der Waals surface area contributed by atoms with E-state index in [-0.39, 0.29) is 23.7 Å². The lowest BCUT2D eigenvalue weighted by atomic mass is 9.88. The second kappa shape index (κ2) is 9.36. The molecule has 3 aromatic carbocycles. The molecule has 0 spiro atoms. The highest BCUT2D eigenvalue weighted by Gasteiger charge is 2.46. The molecule has 6 rings (SSSR count). The van der Waals surface area contributed by atoms with Crippen molar-refractivity contribution in [2.45, 2.75) is 38.1 Å². The molecule has 1 amide bonds. The lowest BCUT2D eigenvalue weighted by Crippen LogP contribution is -2.31. The molecule has 6 heteroatoms. The van der Waals surface area contributed by atoms with E-state index < -0.39 is 17.7 Å². The lowest BCUT2D eigenvalue weighted by Gasteiger charge is -2.25. The van der Waals surface area contributed by atoms with Crippen molar-refractivity contribution in [1.29, 1.82) is 0 Å². The van der Waals surface area contributed by atoms with Crippen molar-refractivity contribution in [2.75, 3.05) is 6.54 Å². The monoisotopic (exact) mass is 494 g/mol. The van der Waals surface area contributed by atoms with Crippen molar-refractivity contribution in [2.24, 2.45) is 0 Å². The first-order chi connectivity index (χ1) is 18.0. The maximum atomic E-state index is 13.4. The number of ketones is 1. The molecule has 5 nitrogen and oxygen atoms in total. The summed E-state index contributed by atoms with van der Waals surface area (Å²) in [6.45, 7) is 0.251. The number of para-hydroxylation sites is 1. The summed E-state index contributed by atoms with van der Waals surface area (Å²) < 4.78 is 13.4. The first-order valence-corrected chi connectivity index (χ1v) is 12.7. The van der Waals surface area contributed by atoms with Crippen LogP contribution in [0, 0.1) is 5.82 Å². The summed E-state index contributed by atoms with van der Waals surface area (Å²) in [5, 5.41) is 12.4. The van der Waals surface area contributed by atoms with Gasteiger partial charge in [-0.25, -0.2) is 4.39 Å². The molecule has 1 aromatic heterocycles. The summed E-state index contributed by atoms with van der Waals surface area (Å²) in [7, 11) is 0. The molecular formula is C31H27FN2O3. The van der Waals surface area contributed by atoms with Crippen molar-refractivity contribution >= 4 is 28.4 Å². The van der Waals surface area contributed by atoms with E-state index in [4.69, 9.17) is 0 Å². The zero-order valence-corrected chi connectivity index (χ0v) is 20.3. The number of hydrogen-bond donors (Lipinski definition) is 2. The number of nitrogens with one attached hydrogen (secondary N) is 1. The SMILES string of the molecule is O=C1C(=O)N(CCc2ccc(F)cc2)C(c2c[nH]c3ccccc23)/C1=C(\O)c1ccc2c(c1)CCCC2. The van der Waals surface area contributed by atoms with Gasteiger partial charge in [0.05, 0.1) is 11.6 Å². The molecule has 2 N–H and O–H groups in total. The molecule has 1 atom stereocenters. The van der Waals surface area contributed by atoms with Crippen molar-refractivity contribution in [3.05, 3.63) is 112 Å². The average molecular weight is 495 g/mol. The minimum absolute atomic E-state index is 0.101. The van der Waals surface area contributed by atoms with Crippen LogP contribution in [0.5, 0.6) is 0 Å². The predicted octanol–water partition coefficient (Wildman–Crippen LogP) is 5.85. The Morgan fingerprint density at radius 3 is 2.54 bits per heavy atom. The van der Waals surface area contributed by atoms with Crippen LogP contribution in [0.2, 0.25) is 0 Å². The van der Waals surface area contributed by atoms with Crippen LogP contribution in [0.4, 0.5) is 4.39 Å². The average Bonchev–Trinajstić information content (AvgIpc) is 3.46. The minimum atomic E-state index is -0.743. The second-order valence-corrected chi connectivity index (χ2v) is 9.85. The number of likely N-dealkylation sites (tertiary alicyclic amines) is 1. The van der Waals surface area contributed by atoms with Gasteiger partial charge in [0.2, 0.25) is 0 Å². The van der Waals surface area contributed by atoms with E-state index in [0.29, 0.717) is 12.0 Å². The van der Waals surface area contributed by atoms with Crippen LogP contribution < -0.4 is 0 Å². The van der Waals surface area contributed by atoms with E-state index in [1.165, 1.54) is 28.2 Å².